The molecule has 2 aromatic carbocycles. The minimum atomic E-state index is -0.808. The Labute approximate surface area is 183 Å². The van der Waals surface area contributed by atoms with E-state index in [-0.39, 0.29) is 17.1 Å². The molecular weight excluding hydrogens is 420 g/mol. The summed E-state index contributed by atoms with van der Waals surface area (Å²) in [6.45, 7) is 0.839. The van der Waals surface area contributed by atoms with Gasteiger partial charge >= 0.3 is 0 Å². The first-order valence-corrected chi connectivity index (χ1v) is 10.1. The molecule has 1 atom stereocenters. The van der Waals surface area contributed by atoms with Crippen LogP contribution in [0.1, 0.15) is 22.2 Å². The fourth-order valence-electron chi connectivity index (χ4n) is 3.69. The van der Waals surface area contributed by atoms with Crippen LogP contribution in [-0.2, 0) is 4.79 Å². The van der Waals surface area contributed by atoms with Crippen LogP contribution in [0.15, 0.2) is 64.3 Å². The van der Waals surface area contributed by atoms with Crippen LogP contribution in [0.4, 0.5) is 0 Å². The molecule has 4 rings (SSSR count). The zero-order chi connectivity index (χ0) is 22.3. The molecule has 0 bridgehead atoms. The van der Waals surface area contributed by atoms with Crippen molar-refractivity contribution in [3.63, 3.8) is 0 Å². The average Bonchev–Trinajstić information content (AvgIpc) is 3.25. The highest BCUT2D eigenvalue weighted by atomic mass is 35.5. The lowest BCUT2D eigenvalue weighted by Gasteiger charge is -2.27. The first kappa shape index (κ1) is 21.0. The van der Waals surface area contributed by atoms with Gasteiger partial charge in [-0.25, -0.2) is 0 Å². The molecule has 2 N–H and O–H groups in total. The summed E-state index contributed by atoms with van der Waals surface area (Å²) >= 11 is 6.02. The molecule has 1 unspecified atom stereocenters. The largest absolute Gasteiger partial charge is 0.508 e. The number of carbonyl (C=O) groups is 2. The van der Waals surface area contributed by atoms with Crippen LogP contribution < -0.4 is 0 Å². The van der Waals surface area contributed by atoms with E-state index in [1.807, 2.05) is 19.0 Å². The number of aliphatic hydroxyl groups is 1. The van der Waals surface area contributed by atoms with Crippen molar-refractivity contribution >= 4 is 34.3 Å². The number of rotatable bonds is 6. The smallest absolute Gasteiger partial charge is 0.290 e. The second-order valence-electron chi connectivity index (χ2n) is 7.68. The number of likely N-dealkylation sites (N-methyl/N-ethyl adjacent to an activating group) is 1. The normalized spacial score (nSPS) is 16.7. The molecule has 1 amide bonds. The summed E-state index contributed by atoms with van der Waals surface area (Å²) in [6.07, 6.45) is 0. The number of ketones is 1. The molecule has 0 saturated carbocycles. The summed E-state index contributed by atoms with van der Waals surface area (Å²) in [5.41, 5.74) is 1.01. The molecule has 7 nitrogen and oxygen atoms in total. The van der Waals surface area contributed by atoms with Gasteiger partial charge in [-0.15, -0.1) is 0 Å². The van der Waals surface area contributed by atoms with Gasteiger partial charge in [0.25, 0.3) is 5.91 Å². The van der Waals surface area contributed by atoms with E-state index in [2.05, 4.69) is 0 Å². The van der Waals surface area contributed by atoms with Gasteiger partial charge in [0.05, 0.1) is 11.6 Å². The minimum Gasteiger partial charge on any atom is -0.508 e. The fraction of sp³-hybridized carbons (Fsp3) is 0.217. The van der Waals surface area contributed by atoms with E-state index in [4.69, 9.17) is 16.0 Å². The van der Waals surface area contributed by atoms with Crippen LogP contribution >= 0.6 is 11.6 Å². The van der Waals surface area contributed by atoms with Gasteiger partial charge in [0.15, 0.2) is 11.5 Å². The van der Waals surface area contributed by atoms with E-state index in [0.29, 0.717) is 34.6 Å². The van der Waals surface area contributed by atoms with Crippen molar-refractivity contribution in [1.82, 2.24) is 9.80 Å². The van der Waals surface area contributed by atoms with Crippen LogP contribution in [0.5, 0.6) is 5.75 Å². The lowest BCUT2D eigenvalue weighted by Crippen LogP contribution is -2.36. The maximum absolute atomic E-state index is 13.4. The van der Waals surface area contributed by atoms with E-state index in [1.165, 1.54) is 17.0 Å². The third-order valence-corrected chi connectivity index (χ3v) is 5.48. The number of fused-ring (bicyclic) bond motifs is 1. The maximum atomic E-state index is 13.4. The Hall–Kier alpha value is -3.29. The summed E-state index contributed by atoms with van der Waals surface area (Å²) in [5.74, 6) is -1.74. The van der Waals surface area contributed by atoms with Gasteiger partial charge in [-0.2, -0.15) is 0 Å². The highest BCUT2D eigenvalue weighted by Crippen LogP contribution is 2.40. The molecule has 1 aliphatic rings. The molecule has 0 saturated heterocycles. The van der Waals surface area contributed by atoms with Crippen LogP contribution in [0, 0.1) is 0 Å². The first-order valence-electron chi connectivity index (χ1n) is 9.68. The number of aliphatic hydroxyl groups excluding tert-OH is 1. The molecule has 1 aliphatic heterocycles. The van der Waals surface area contributed by atoms with Gasteiger partial charge in [0, 0.05) is 23.5 Å². The molecule has 2 heterocycles. The Kier molecular flexibility index (Phi) is 5.47. The SMILES string of the molecule is CN(C)CCN1C(=O)C(O)=C(C(=O)c2cc3cc(Cl)ccc3o2)C1c1ccc(O)cc1. The zero-order valence-corrected chi connectivity index (χ0v) is 17.8. The number of hydrogen-bond donors (Lipinski definition) is 2. The monoisotopic (exact) mass is 440 g/mol. The molecule has 0 aliphatic carbocycles. The number of hydrogen-bond acceptors (Lipinski definition) is 6. The highest BCUT2D eigenvalue weighted by Gasteiger charge is 2.44. The van der Waals surface area contributed by atoms with Gasteiger partial charge in [-0.3, -0.25) is 9.59 Å². The number of carbonyl (C=O) groups excluding carboxylic acids is 2. The van der Waals surface area contributed by atoms with Gasteiger partial charge in [-0.1, -0.05) is 23.7 Å². The van der Waals surface area contributed by atoms with E-state index in [1.54, 1.807) is 36.4 Å². The van der Waals surface area contributed by atoms with Gasteiger partial charge in [0.2, 0.25) is 5.78 Å². The minimum absolute atomic E-state index is 0.00449. The molecule has 160 valence electrons. The molecule has 1 aromatic heterocycles. The predicted octanol–water partition coefficient (Wildman–Crippen LogP) is 3.93. The van der Waals surface area contributed by atoms with Crippen molar-refractivity contribution in [2.45, 2.75) is 6.04 Å². The van der Waals surface area contributed by atoms with Gasteiger partial charge in [-0.05, 0) is 56.1 Å². The molecule has 31 heavy (non-hydrogen) atoms. The molecule has 8 heteroatoms. The fourth-order valence-corrected chi connectivity index (χ4v) is 3.87. The van der Waals surface area contributed by atoms with E-state index in [9.17, 15) is 19.8 Å². The number of furan rings is 1. The number of amides is 1. The lowest BCUT2D eigenvalue weighted by molar-refractivity contribution is -0.129. The number of halogens is 1. The van der Waals surface area contributed by atoms with Crippen LogP contribution in [0.25, 0.3) is 11.0 Å². The number of aromatic hydroxyl groups is 1. The second kappa shape index (κ2) is 8.09. The van der Waals surface area contributed by atoms with Crippen molar-refractivity contribution < 1.29 is 24.2 Å². The zero-order valence-electron chi connectivity index (χ0n) is 17.0. The van der Waals surface area contributed by atoms with Crippen molar-refractivity contribution in [1.29, 1.82) is 0 Å². The predicted molar refractivity (Wildman–Crippen MR) is 116 cm³/mol. The number of benzene rings is 2. The Balaban J connectivity index is 1.78. The summed E-state index contributed by atoms with van der Waals surface area (Å²) < 4.78 is 5.69. The van der Waals surface area contributed by atoms with Gasteiger partial charge in [0.1, 0.15) is 11.3 Å². The van der Waals surface area contributed by atoms with Crippen LogP contribution in [0.2, 0.25) is 5.02 Å². The number of phenols is 1. The van der Waals surface area contributed by atoms with Crippen molar-refractivity contribution in [2.24, 2.45) is 0 Å². The molecule has 0 radical (unpaired) electrons. The van der Waals surface area contributed by atoms with Crippen molar-refractivity contribution in [3.05, 3.63) is 76.2 Å². The van der Waals surface area contributed by atoms with Crippen LogP contribution in [0.3, 0.4) is 0 Å². The quantitative estimate of drug-likeness (QED) is 0.564. The molecule has 3 aromatic rings. The highest BCUT2D eigenvalue weighted by molar-refractivity contribution is 6.31. The van der Waals surface area contributed by atoms with Crippen molar-refractivity contribution in [2.75, 3.05) is 27.2 Å². The van der Waals surface area contributed by atoms with E-state index in [0.717, 1.165) is 0 Å². The van der Waals surface area contributed by atoms with Gasteiger partial charge < -0.3 is 24.4 Å². The summed E-state index contributed by atoms with van der Waals surface area (Å²) in [6, 6.07) is 11.9. The molecular formula is C23H21ClN2O5. The Morgan fingerprint density at radius 1 is 1.13 bits per heavy atom. The Bertz CT molecular complexity index is 1200. The third-order valence-electron chi connectivity index (χ3n) is 5.25. The Morgan fingerprint density at radius 2 is 1.84 bits per heavy atom. The van der Waals surface area contributed by atoms with Crippen LogP contribution in [-0.4, -0.2) is 58.9 Å². The summed E-state index contributed by atoms with van der Waals surface area (Å²) in [5, 5.41) is 21.5. The second-order valence-corrected chi connectivity index (χ2v) is 8.12. The molecule has 0 spiro atoms. The number of Topliss-reactive ketones (excluding diaryl/α,β-unsaturated/α-hetero) is 1. The Morgan fingerprint density at radius 3 is 2.52 bits per heavy atom. The maximum Gasteiger partial charge on any atom is 0.290 e. The third kappa shape index (κ3) is 3.89. The number of phenolic OH excluding ortho intramolecular Hbond substituents is 1. The summed E-state index contributed by atoms with van der Waals surface area (Å²) in [7, 11) is 3.74. The topological polar surface area (TPSA) is 94.2 Å². The number of nitrogens with zero attached hydrogens (tertiary/aromatic N) is 2. The average molecular weight is 441 g/mol. The summed E-state index contributed by atoms with van der Waals surface area (Å²) in [4.78, 5) is 29.6. The van der Waals surface area contributed by atoms with E-state index >= 15 is 0 Å². The van der Waals surface area contributed by atoms with Crippen molar-refractivity contribution in [3.8, 4) is 5.75 Å². The standard InChI is InChI=1S/C23H21ClN2O5/c1-25(2)9-10-26-20(13-3-6-16(27)7-4-13)19(22(29)23(26)30)21(28)18-12-14-11-15(24)5-8-17(14)31-18/h3-8,11-12,20,27,29H,9-10H2,1-2H3. The van der Waals surface area contributed by atoms with E-state index < -0.39 is 23.5 Å². The first-order chi connectivity index (χ1) is 14.8. The molecule has 0 fully saturated rings. The lowest BCUT2D eigenvalue weighted by atomic mass is 9.95.